The van der Waals surface area contributed by atoms with Crippen LogP contribution in [0.2, 0.25) is 0 Å². The minimum atomic E-state index is -0.399. The molecule has 19 heavy (non-hydrogen) atoms. The van der Waals surface area contributed by atoms with Gasteiger partial charge in [0.2, 0.25) is 0 Å². The average Bonchev–Trinajstić information content (AvgIpc) is 3.04. The number of hydrogen-bond acceptors (Lipinski definition) is 5. The maximum Gasteiger partial charge on any atom is 0.332 e. The second-order valence-electron chi connectivity index (χ2n) is 4.46. The number of ether oxygens (including phenoxy) is 2. The number of aromatic nitrogens is 4. The van der Waals surface area contributed by atoms with Crippen molar-refractivity contribution in [3.63, 3.8) is 0 Å². The summed E-state index contributed by atoms with van der Waals surface area (Å²) in [4.78, 5) is 31.0. The summed E-state index contributed by atoms with van der Waals surface area (Å²) in [6.45, 7) is 1.12. The Hall–Kier alpha value is -1.93. The lowest BCUT2D eigenvalue weighted by Crippen LogP contribution is -2.36. The SMILES string of the molecule is Cn1c(=O)c2[nH]c(CC3OCCO3)nc2n(C)c1=O. The third-order valence-electron chi connectivity index (χ3n) is 3.19. The van der Waals surface area contributed by atoms with Gasteiger partial charge in [-0.2, -0.15) is 0 Å². The number of aryl methyl sites for hydroxylation is 1. The summed E-state index contributed by atoms with van der Waals surface area (Å²) in [6.07, 6.45) is 0.0768. The molecule has 3 rings (SSSR count). The van der Waals surface area contributed by atoms with Crippen molar-refractivity contribution in [1.82, 2.24) is 19.1 Å². The number of imidazole rings is 1. The van der Waals surface area contributed by atoms with Crippen molar-refractivity contribution in [2.24, 2.45) is 14.1 Å². The van der Waals surface area contributed by atoms with Crippen LogP contribution in [0.5, 0.6) is 0 Å². The first kappa shape index (κ1) is 12.1. The summed E-state index contributed by atoms with van der Waals surface area (Å²) in [5.74, 6) is 0.570. The molecule has 1 aliphatic heterocycles. The number of hydrogen-bond donors (Lipinski definition) is 1. The lowest BCUT2D eigenvalue weighted by Gasteiger charge is -2.05. The van der Waals surface area contributed by atoms with Gasteiger partial charge in [0.25, 0.3) is 5.56 Å². The second-order valence-corrected chi connectivity index (χ2v) is 4.46. The molecular formula is C11H14N4O4. The molecule has 8 heteroatoms. The zero-order chi connectivity index (χ0) is 13.6. The molecule has 102 valence electrons. The molecular weight excluding hydrogens is 252 g/mol. The quantitative estimate of drug-likeness (QED) is 0.743. The number of rotatable bonds is 2. The molecule has 1 aliphatic rings. The van der Waals surface area contributed by atoms with E-state index < -0.39 is 5.69 Å². The molecule has 0 atom stereocenters. The van der Waals surface area contributed by atoms with Crippen LogP contribution in [-0.2, 0) is 30.0 Å². The maximum atomic E-state index is 12.0. The number of aromatic amines is 1. The number of H-pyrrole nitrogens is 1. The average molecular weight is 266 g/mol. The largest absolute Gasteiger partial charge is 0.350 e. The summed E-state index contributed by atoms with van der Waals surface area (Å²) >= 11 is 0. The molecule has 0 aliphatic carbocycles. The maximum absolute atomic E-state index is 12.0. The zero-order valence-electron chi connectivity index (χ0n) is 10.7. The van der Waals surface area contributed by atoms with Crippen LogP contribution in [0.4, 0.5) is 0 Å². The van der Waals surface area contributed by atoms with E-state index in [1.807, 2.05) is 0 Å². The Morgan fingerprint density at radius 1 is 1.26 bits per heavy atom. The van der Waals surface area contributed by atoms with E-state index >= 15 is 0 Å². The van der Waals surface area contributed by atoms with E-state index in [9.17, 15) is 9.59 Å². The molecule has 2 aromatic rings. The summed E-state index contributed by atoms with van der Waals surface area (Å²) in [6, 6.07) is 0. The first-order valence-corrected chi connectivity index (χ1v) is 5.95. The van der Waals surface area contributed by atoms with Crippen LogP contribution < -0.4 is 11.2 Å². The minimum absolute atomic E-state index is 0.317. The van der Waals surface area contributed by atoms with Crippen molar-refractivity contribution in [3.05, 3.63) is 26.7 Å². The Balaban J connectivity index is 2.10. The molecule has 0 saturated carbocycles. The van der Waals surface area contributed by atoms with E-state index in [2.05, 4.69) is 9.97 Å². The molecule has 0 bridgehead atoms. The van der Waals surface area contributed by atoms with E-state index in [4.69, 9.17) is 9.47 Å². The van der Waals surface area contributed by atoms with Crippen LogP contribution in [0.15, 0.2) is 9.59 Å². The third-order valence-corrected chi connectivity index (χ3v) is 3.19. The Labute approximate surface area is 107 Å². The molecule has 1 saturated heterocycles. The fraction of sp³-hybridized carbons (Fsp3) is 0.545. The van der Waals surface area contributed by atoms with Crippen molar-refractivity contribution in [1.29, 1.82) is 0 Å². The lowest BCUT2D eigenvalue weighted by atomic mass is 10.4. The molecule has 0 aromatic carbocycles. The fourth-order valence-electron chi connectivity index (χ4n) is 2.15. The summed E-state index contributed by atoms with van der Waals surface area (Å²) in [5.41, 5.74) is -0.118. The molecule has 2 aromatic heterocycles. The topological polar surface area (TPSA) is 91.1 Å². The van der Waals surface area contributed by atoms with Crippen LogP contribution in [-0.4, -0.2) is 38.6 Å². The van der Waals surface area contributed by atoms with Gasteiger partial charge in [-0.05, 0) is 0 Å². The third kappa shape index (κ3) is 1.89. The van der Waals surface area contributed by atoms with Crippen LogP contribution in [0.1, 0.15) is 5.82 Å². The number of nitrogens with one attached hydrogen (secondary N) is 1. The van der Waals surface area contributed by atoms with Gasteiger partial charge in [-0.15, -0.1) is 0 Å². The number of nitrogens with zero attached hydrogens (tertiary/aromatic N) is 3. The number of fused-ring (bicyclic) bond motifs is 1. The molecule has 0 amide bonds. The Morgan fingerprint density at radius 2 is 1.95 bits per heavy atom. The molecule has 1 fully saturated rings. The second kappa shape index (κ2) is 4.32. The van der Waals surface area contributed by atoms with Crippen molar-refractivity contribution in [2.75, 3.05) is 13.2 Å². The lowest BCUT2D eigenvalue weighted by molar-refractivity contribution is -0.0411. The summed E-state index contributed by atoms with van der Waals surface area (Å²) in [5, 5.41) is 0. The summed E-state index contributed by atoms with van der Waals surface area (Å²) in [7, 11) is 3.02. The van der Waals surface area contributed by atoms with E-state index in [0.29, 0.717) is 36.6 Å². The zero-order valence-corrected chi connectivity index (χ0v) is 10.7. The van der Waals surface area contributed by atoms with Gasteiger partial charge in [0.05, 0.1) is 19.6 Å². The highest BCUT2D eigenvalue weighted by atomic mass is 16.7. The molecule has 0 radical (unpaired) electrons. The molecule has 0 unspecified atom stereocenters. The van der Waals surface area contributed by atoms with Crippen molar-refractivity contribution in [2.45, 2.75) is 12.7 Å². The Kier molecular flexibility index (Phi) is 2.76. The highest BCUT2D eigenvalue weighted by molar-refractivity contribution is 5.69. The first-order valence-electron chi connectivity index (χ1n) is 5.95. The van der Waals surface area contributed by atoms with E-state index in [1.54, 1.807) is 7.05 Å². The van der Waals surface area contributed by atoms with Crippen LogP contribution in [0, 0.1) is 0 Å². The van der Waals surface area contributed by atoms with E-state index in [0.717, 1.165) is 4.57 Å². The van der Waals surface area contributed by atoms with Gasteiger partial charge < -0.3 is 14.5 Å². The normalized spacial score (nSPS) is 16.5. The predicted octanol–water partition coefficient (Wildman–Crippen LogP) is -1.12. The van der Waals surface area contributed by atoms with Crippen LogP contribution in [0.25, 0.3) is 11.2 Å². The van der Waals surface area contributed by atoms with Gasteiger partial charge in [-0.25, -0.2) is 9.78 Å². The summed E-state index contributed by atoms with van der Waals surface area (Å²) < 4.78 is 13.0. The highest BCUT2D eigenvalue weighted by Gasteiger charge is 2.20. The van der Waals surface area contributed by atoms with Crippen LogP contribution >= 0.6 is 0 Å². The smallest absolute Gasteiger partial charge is 0.332 e. The standard InChI is InChI=1S/C11H14N4O4/c1-14-9-8(10(16)15(2)11(14)17)12-6(13-9)5-7-18-3-4-19-7/h7H,3-5H2,1-2H3,(H,12,13). The predicted molar refractivity (Wildman–Crippen MR) is 66.0 cm³/mol. The van der Waals surface area contributed by atoms with Gasteiger partial charge in [-0.1, -0.05) is 0 Å². The highest BCUT2D eigenvalue weighted by Crippen LogP contribution is 2.11. The Bertz CT molecular complexity index is 735. The van der Waals surface area contributed by atoms with Crippen molar-refractivity contribution in [3.8, 4) is 0 Å². The minimum Gasteiger partial charge on any atom is -0.350 e. The van der Waals surface area contributed by atoms with Gasteiger partial charge in [0.1, 0.15) is 11.3 Å². The van der Waals surface area contributed by atoms with Gasteiger partial charge in [0.15, 0.2) is 11.9 Å². The fourth-order valence-corrected chi connectivity index (χ4v) is 2.15. The molecule has 3 heterocycles. The molecule has 1 N–H and O–H groups in total. The molecule has 0 spiro atoms. The van der Waals surface area contributed by atoms with E-state index in [1.165, 1.54) is 11.6 Å². The van der Waals surface area contributed by atoms with E-state index in [-0.39, 0.29) is 11.8 Å². The van der Waals surface area contributed by atoms with Crippen molar-refractivity contribution < 1.29 is 9.47 Å². The van der Waals surface area contributed by atoms with Gasteiger partial charge >= 0.3 is 5.69 Å². The van der Waals surface area contributed by atoms with Crippen molar-refractivity contribution >= 4 is 11.2 Å². The van der Waals surface area contributed by atoms with Gasteiger partial charge in [-0.3, -0.25) is 13.9 Å². The first-order chi connectivity index (χ1) is 9.08. The van der Waals surface area contributed by atoms with Crippen LogP contribution in [0.3, 0.4) is 0 Å². The Morgan fingerprint density at radius 3 is 2.63 bits per heavy atom. The monoisotopic (exact) mass is 266 g/mol. The molecule has 8 nitrogen and oxygen atoms in total. The van der Waals surface area contributed by atoms with Gasteiger partial charge in [0, 0.05) is 14.1 Å².